The summed E-state index contributed by atoms with van der Waals surface area (Å²) >= 11 is 0. The number of hydrogen-bond donors (Lipinski definition) is 0. The third-order valence-corrected chi connectivity index (χ3v) is 18.1. The van der Waals surface area contributed by atoms with Gasteiger partial charge < -0.3 is 4.43 Å². The average Bonchev–Trinajstić information content (AvgIpc) is 3.18. The molecule has 0 amide bonds. The van der Waals surface area contributed by atoms with E-state index >= 15 is 0 Å². The molecule has 1 nitrogen and oxygen atoms in total. The van der Waals surface area contributed by atoms with Crippen molar-refractivity contribution >= 4 is 8.32 Å². The number of hydrogen-bond acceptors (Lipinski definition) is 1. The van der Waals surface area contributed by atoms with E-state index in [1.165, 1.54) is 77.0 Å². The van der Waals surface area contributed by atoms with Gasteiger partial charge in [0.25, 0.3) is 0 Å². The molecule has 0 spiro atoms. The Labute approximate surface area is 239 Å². The first-order valence-corrected chi connectivity index (χ1v) is 19.9. The van der Waals surface area contributed by atoms with Crippen molar-refractivity contribution in [2.24, 2.45) is 52.3 Å². The highest BCUT2D eigenvalue weighted by atomic mass is 28.4. The third-order valence-electron chi connectivity index (χ3n) is 13.6. The van der Waals surface area contributed by atoms with Gasteiger partial charge in [0.2, 0.25) is 0 Å². The van der Waals surface area contributed by atoms with Gasteiger partial charge in [-0.05, 0) is 135 Å². The van der Waals surface area contributed by atoms with E-state index in [-0.39, 0.29) is 0 Å². The minimum absolute atomic E-state index is 0.312. The standard InChI is InChI=1S/C36H66OSi/c1-26(2)13-11-14-27(3)31-18-19-32-30-17-16-29-25-28(15-12-24-37-38(9,10)34(4,5)6)20-22-35(29,7)33(30)21-23-36(31,32)8/h15,26-27,29-33H,11-14,16-25H2,1-10H3/b28-15+/t27-,29+,30+,31-,32+,33+,35+,36-/m1/s1. The Morgan fingerprint density at radius 3 is 2.32 bits per heavy atom. The van der Waals surface area contributed by atoms with Crippen molar-refractivity contribution in [2.75, 3.05) is 6.61 Å². The van der Waals surface area contributed by atoms with Gasteiger partial charge in [-0.15, -0.1) is 0 Å². The van der Waals surface area contributed by atoms with Crippen molar-refractivity contribution in [1.29, 1.82) is 0 Å². The molecular formula is C36H66OSi. The Hall–Kier alpha value is -0.0831. The van der Waals surface area contributed by atoms with E-state index < -0.39 is 8.32 Å². The van der Waals surface area contributed by atoms with Gasteiger partial charge in [-0.25, -0.2) is 0 Å². The highest BCUT2D eigenvalue weighted by molar-refractivity contribution is 6.74. The van der Waals surface area contributed by atoms with E-state index in [1.54, 1.807) is 5.57 Å². The van der Waals surface area contributed by atoms with Crippen molar-refractivity contribution in [1.82, 2.24) is 0 Å². The fraction of sp³-hybridized carbons (Fsp3) is 0.944. The SMILES string of the molecule is CC(C)CCC[C@@H](C)[C@H]1CC[C@H]2[C@@H]3CC[C@H]4C/C(=C/CCO[Si](C)(C)C(C)(C)C)CC[C@]4(C)[C@H]3CC[C@]12C. The summed E-state index contributed by atoms with van der Waals surface area (Å²) in [5, 5.41) is 0.312. The second kappa shape index (κ2) is 11.7. The zero-order valence-corrected chi connectivity index (χ0v) is 28.4. The molecule has 0 aromatic rings. The van der Waals surface area contributed by atoms with E-state index in [4.69, 9.17) is 4.43 Å². The van der Waals surface area contributed by atoms with E-state index in [9.17, 15) is 0 Å². The Bertz CT molecular complexity index is 820. The van der Waals surface area contributed by atoms with Crippen LogP contribution in [0.4, 0.5) is 0 Å². The van der Waals surface area contributed by atoms with Crippen molar-refractivity contribution in [3.05, 3.63) is 11.6 Å². The van der Waals surface area contributed by atoms with Crippen molar-refractivity contribution in [3.8, 4) is 0 Å². The van der Waals surface area contributed by atoms with Crippen LogP contribution in [0.3, 0.4) is 0 Å². The molecule has 4 aliphatic rings. The molecule has 4 fully saturated rings. The number of allylic oxidation sites excluding steroid dienone is 1. The van der Waals surface area contributed by atoms with Gasteiger partial charge in [0, 0.05) is 6.61 Å². The molecule has 4 saturated carbocycles. The molecule has 0 radical (unpaired) electrons. The summed E-state index contributed by atoms with van der Waals surface area (Å²) in [6.07, 6.45) is 21.4. The van der Waals surface area contributed by atoms with Crippen LogP contribution in [0.5, 0.6) is 0 Å². The first kappa shape index (κ1) is 30.9. The second-order valence-corrected chi connectivity index (χ2v) is 22.0. The Balaban J connectivity index is 1.34. The Kier molecular flexibility index (Phi) is 9.47. The molecule has 0 aromatic carbocycles. The minimum atomic E-state index is -1.62. The van der Waals surface area contributed by atoms with Gasteiger partial charge in [-0.3, -0.25) is 0 Å². The highest BCUT2D eigenvalue weighted by Gasteiger charge is 2.60. The minimum Gasteiger partial charge on any atom is -0.417 e. The largest absolute Gasteiger partial charge is 0.417 e. The van der Waals surface area contributed by atoms with E-state index in [2.05, 4.69) is 74.6 Å². The van der Waals surface area contributed by atoms with Crippen LogP contribution in [-0.4, -0.2) is 14.9 Å². The van der Waals surface area contributed by atoms with Crippen molar-refractivity contribution in [3.63, 3.8) is 0 Å². The third kappa shape index (κ3) is 6.07. The predicted molar refractivity (Wildman–Crippen MR) is 169 cm³/mol. The molecule has 0 unspecified atom stereocenters. The molecule has 0 aliphatic heterocycles. The maximum Gasteiger partial charge on any atom is 0.191 e. The first-order chi connectivity index (χ1) is 17.7. The Morgan fingerprint density at radius 1 is 0.921 bits per heavy atom. The molecule has 4 rings (SSSR count). The lowest BCUT2D eigenvalue weighted by Gasteiger charge is -2.61. The van der Waals surface area contributed by atoms with Crippen LogP contribution in [0.15, 0.2) is 11.6 Å². The molecule has 0 aromatic heterocycles. The van der Waals surface area contributed by atoms with E-state index in [1.807, 2.05) is 0 Å². The molecule has 4 aliphatic carbocycles. The summed E-state index contributed by atoms with van der Waals surface area (Å²) in [6.45, 7) is 25.7. The fourth-order valence-electron chi connectivity index (χ4n) is 10.1. The van der Waals surface area contributed by atoms with Crippen molar-refractivity contribution < 1.29 is 4.43 Å². The van der Waals surface area contributed by atoms with Gasteiger partial charge in [0.15, 0.2) is 8.32 Å². The first-order valence-electron chi connectivity index (χ1n) is 17.0. The van der Waals surface area contributed by atoms with Crippen LogP contribution >= 0.6 is 0 Å². The van der Waals surface area contributed by atoms with E-state index in [0.29, 0.717) is 15.9 Å². The summed E-state index contributed by atoms with van der Waals surface area (Å²) < 4.78 is 6.48. The predicted octanol–water partition coefficient (Wildman–Crippen LogP) is 11.4. The van der Waals surface area contributed by atoms with Crippen LogP contribution in [0.2, 0.25) is 18.1 Å². The van der Waals surface area contributed by atoms with Crippen molar-refractivity contribution in [2.45, 2.75) is 157 Å². The van der Waals surface area contributed by atoms with Gasteiger partial charge in [-0.2, -0.15) is 0 Å². The monoisotopic (exact) mass is 542 g/mol. The number of rotatable bonds is 9. The smallest absolute Gasteiger partial charge is 0.191 e. The quantitative estimate of drug-likeness (QED) is 0.160. The summed E-state index contributed by atoms with van der Waals surface area (Å²) in [5.41, 5.74) is 2.99. The van der Waals surface area contributed by atoms with Gasteiger partial charge in [-0.1, -0.05) is 86.3 Å². The van der Waals surface area contributed by atoms with Gasteiger partial charge >= 0.3 is 0 Å². The molecule has 0 bridgehead atoms. The van der Waals surface area contributed by atoms with Crippen LogP contribution in [0, 0.1) is 52.3 Å². The van der Waals surface area contributed by atoms with Crippen LogP contribution in [-0.2, 0) is 4.43 Å². The summed E-state index contributed by atoms with van der Waals surface area (Å²) in [4.78, 5) is 0. The Morgan fingerprint density at radius 2 is 1.63 bits per heavy atom. The van der Waals surface area contributed by atoms with Crippen LogP contribution in [0.1, 0.15) is 139 Å². The zero-order chi connectivity index (χ0) is 27.9. The maximum atomic E-state index is 6.48. The van der Waals surface area contributed by atoms with E-state index in [0.717, 1.165) is 54.5 Å². The van der Waals surface area contributed by atoms with Crippen LogP contribution < -0.4 is 0 Å². The van der Waals surface area contributed by atoms with Crippen LogP contribution in [0.25, 0.3) is 0 Å². The fourth-order valence-corrected chi connectivity index (χ4v) is 11.2. The lowest BCUT2D eigenvalue weighted by Crippen LogP contribution is -2.53. The molecule has 220 valence electrons. The van der Waals surface area contributed by atoms with Gasteiger partial charge in [0.05, 0.1) is 0 Å². The molecule has 38 heavy (non-hydrogen) atoms. The molecule has 8 atom stereocenters. The molecule has 0 heterocycles. The zero-order valence-electron chi connectivity index (χ0n) is 27.4. The lowest BCUT2D eigenvalue weighted by molar-refractivity contribution is -0.109. The number of fused-ring (bicyclic) bond motifs is 5. The highest BCUT2D eigenvalue weighted by Crippen LogP contribution is 2.68. The lowest BCUT2D eigenvalue weighted by atomic mass is 9.44. The summed E-state index contributed by atoms with van der Waals surface area (Å²) in [7, 11) is -1.62. The second-order valence-electron chi connectivity index (χ2n) is 17.2. The molecule has 0 N–H and O–H groups in total. The summed E-state index contributed by atoms with van der Waals surface area (Å²) in [6, 6.07) is 0. The topological polar surface area (TPSA) is 9.23 Å². The molecule has 2 heteroatoms. The van der Waals surface area contributed by atoms with Gasteiger partial charge in [0.1, 0.15) is 0 Å². The molecule has 0 saturated heterocycles. The normalized spacial score (nSPS) is 39.7. The average molecular weight is 543 g/mol. The maximum absolute atomic E-state index is 6.48. The molecular weight excluding hydrogens is 476 g/mol. The summed E-state index contributed by atoms with van der Waals surface area (Å²) in [5.74, 6) is 6.74.